The van der Waals surface area contributed by atoms with Gasteiger partial charge in [0.05, 0.1) is 18.1 Å². The summed E-state index contributed by atoms with van der Waals surface area (Å²) in [5, 5.41) is 27.2. The van der Waals surface area contributed by atoms with Gasteiger partial charge in [0, 0.05) is 31.5 Å². The molecular weight excluding hydrogens is 1600 g/mol. The third-order valence-corrected chi connectivity index (χ3v) is 19.2. The standard InChI is InChI=1S/C24H34N2O5.C19H24N4O3.C19H25NO3.C14H25NO4.C9H16O2.C8H15Br.CH4.B/c1-5-6-7-8-12-15-20(25-22(28)31-24(2,3)4)21(27)26-19(17-30-23(26)29)16-18-13-10-9-11-14-18;1-2-3-4-5-9-12-17(21-22-20)18(24)23-16(14-26-19(23)25)13-15-10-7-6-8-11-15;1-2-3-4-5-6-10-13-18(21)20-17(15-23-19(20)22)14-16-11-8-7-9-12-16;1-5-6-7-8-9-10-11(12(16)17)15-13(18)19-14(2,3)4;1-2-3-4-5-6-7-8-9(10)11;1-2-3-4-5-6-7-8-9;;/h5,9-11,13-14,19-20H,1,6-8,12,15-17H2,2-4H3,(H,25,28);2,6-8,10-11,16-17H,1,3-5,9,12-14H2;2,7-9,11-12,17H,1,3-6,10,13-15H2;5,11H,1,6-10H2,2-4H3,(H,15,18)(H,16,17);2H,1,3-8H2,(H,10,11);2H,1,3-8H2;1H4;/t19-,20-;16-,17-;17-;11-;;;;/m0000..../s1. The highest BCUT2D eigenvalue weighted by atomic mass is 79.9. The minimum absolute atomic E-state index is 0. The van der Waals surface area contributed by atoms with Gasteiger partial charge in [0.15, 0.2) is 0 Å². The number of cyclic esters (lactones) is 3. The number of nitrogens with zero attached hydrogens (tertiary/aromatic N) is 6. The minimum Gasteiger partial charge on any atom is -0.481 e. The molecule has 121 heavy (non-hydrogen) atoms. The van der Waals surface area contributed by atoms with Crippen molar-refractivity contribution in [1.82, 2.24) is 25.3 Å². The number of alkyl carbamates (subject to hydrolysis) is 2. The van der Waals surface area contributed by atoms with E-state index in [-0.39, 0.29) is 47.0 Å². The Labute approximate surface area is 733 Å². The van der Waals surface area contributed by atoms with Gasteiger partial charge in [0.25, 0.3) is 5.91 Å². The zero-order valence-corrected chi connectivity index (χ0v) is 74.2. The lowest BCUT2D eigenvalue weighted by Crippen LogP contribution is -2.52. The van der Waals surface area contributed by atoms with Gasteiger partial charge in [-0.05, 0) is 199 Å². The largest absolute Gasteiger partial charge is 0.481 e. The van der Waals surface area contributed by atoms with Crippen LogP contribution in [0, 0.1) is 0 Å². The molecule has 3 radical (unpaired) electrons. The Bertz CT molecular complexity index is 3520. The summed E-state index contributed by atoms with van der Waals surface area (Å²) in [5.41, 5.74) is 10.6. The van der Waals surface area contributed by atoms with Crippen LogP contribution in [0.15, 0.2) is 172 Å². The summed E-state index contributed by atoms with van der Waals surface area (Å²) >= 11 is 3.40. The number of halogens is 1. The molecule has 3 heterocycles. The number of azide groups is 1. The number of allylic oxidation sites excluding steroid dienone is 6. The van der Waals surface area contributed by atoms with E-state index in [9.17, 15) is 47.9 Å². The molecule has 671 valence electrons. The Balaban J connectivity index is 0. The van der Waals surface area contributed by atoms with Crippen molar-refractivity contribution in [1.29, 1.82) is 0 Å². The number of hydrogen-bond acceptors (Lipinski definition) is 16. The Morgan fingerprint density at radius 3 is 1.12 bits per heavy atom. The number of carboxylic acid groups (broad SMARTS) is 2. The molecule has 6 atom stereocenters. The molecule has 3 fully saturated rings. The van der Waals surface area contributed by atoms with E-state index in [2.05, 4.69) is 76.1 Å². The molecule has 25 nitrogen and oxygen atoms in total. The number of carbonyl (C=O) groups is 10. The Morgan fingerprint density at radius 2 is 0.777 bits per heavy atom. The number of unbranched alkanes of at least 4 members (excludes halogenated alkanes) is 21. The number of alkyl halides is 1. The van der Waals surface area contributed by atoms with Gasteiger partial charge in [-0.2, -0.15) is 0 Å². The first-order valence-corrected chi connectivity index (χ1v) is 43.5. The molecule has 3 aromatic carbocycles. The van der Waals surface area contributed by atoms with Gasteiger partial charge >= 0.3 is 42.4 Å². The summed E-state index contributed by atoms with van der Waals surface area (Å²) in [4.78, 5) is 126. The monoisotopic (exact) mass is 1750 g/mol. The van der Waals surface area contributed by atoms with Crippen molar-refractivity contribution in [2.75, 3.05) is 25.2 Å². The second kappa shape index (κ2) is 69.9. The SMILES string of the molecule is C.C=CCCCCCCBr.C=CCCCCCCC(=O)N1C(=O)OC[C@@H]1Cc1ccccc1.C=CCCCCCCC(=O)O.C=CCCCCC[C@H](N=[N+]=[N-])C(=O)N1C(=O)OC[C@@H]1Cc1ccccc1.C=CCCCCC[C@H](NC(=O)OC(C)(C)C)C(=O)N1C(=O)OC[C@@H]1Cc1ccccc1.C=CCCCCC[C@H](NC(=O)OC(C)(C)C)C(=O)O.[B]. The van der Waals surface area contributed by atoms with E-state index in [1.54, 1.807) is 41.5 Å². The van der Waals surface area contributed by atoms with Gasteiger partial charge in [-0.3, -0.25) is 19.2 Å². The van der Waals surface area contributed by atoms with E-state index >= 15 is 0 Å². The molecule has 8 amide bonds. The molecule has 3 saturated heterocycles. The van der Waals surface area contributed by atoms with Crippen LogP contribution < -0.4 is 10.6 Å². The number of nitrogens with one attached hydrogen (secondary N) is 2. The summed E-state index contributed by atoms with van der Waals surface area (Å²) < 4.78 is 25.7. The fourth-order valence-corrected chi connectivity index (χ4v) is 12.9. The van der Waals surface area contributed by atoms with Crippen LogP contribution in [0.5, 0.6) is 0 Å². The van der Waals surface area contributed by atoms with Crippen molar-refractivity contribution in [3.63, 3.8) is 0 Å². The summed E-state index contributed by atoms with van der Waals surface area (Å²) in [5.74, 6) is -2.77. The Morgan fingerprint density at radius 1 is 0.471 bits per heavy atom. The van der Waals surface area contributed by atoms with Crippen molar-refractivity contribution in [2.24, 2.45) is 5.11 Å². The van der Waals surface area contributed by atoms with E-state index in [1.165, 1.54) is 37.0 Å². The second-order valence-electron chi connectivity index (χ2n) is 31.2. The van der Waals surface area contributed by atoms with Gasteiger partial charge in [0.1, 0.15) is 49.1 Å². The maximum atomic E-state index is 13.3. The number of carbonyl (C=O) groups excluding carboxylic acids is 8. The fourth-order valence-electron chi connectivity index (χ4n) is 12.5. The van der Waals surface area contributed by atoms with Crippen molar-refractivity contribution < 1.29 is 81.8 Å². The molecule has 0 aromatic heterocycles. The lowest BCUT2D eigenvalue weighted by molar-refractivity contribution is -0.140. The van der Waals surface area contributed by atoms with Crippen molar-refractivity contribution in [3.8, 4) is 0 Å². The molecule has 3 aliphatic heterocycles. The first kappa shape index (κ1) is 113. The molecule has 27 heteroatoms. The highest BCUT2D eigenvalue weighted by molar-refractivity contribution is 9.09. The van der Waals surface area contributed by atoms with Crippen LogP contribution in [-0.2, 0) is 66.9 Å². The summed E-state index contributed by atoms with van der Waals surface area (Å²) in [7, 11) is 0. The van der Waals surface area contributed by atoms with Gasteiger partial charge in [-0.15, -0.1) is 39.5 Å². The van der Waals surface area contributed by atoms with Gasteiger partial charge in [0.2, 0.25) is 11.8 Å². The molecule has 3 aromatic rings. The Hall–Kier alpha value is -9.75. The Kier molecular flexibility index (Phi) is 65.4. The van der Waals surface area contributed by atoms with Gasteiger partial charge < -0.3 is 44.5 Å². The van der Waals surface area contributed by atoms with Gasteiger partial charge in [-0.1, -0.05) is 233 Å². The molecular formula is C94H143BBrN8O17. The van der Waals surface area contributed by atoms with Crippen LogP contribution in [0.2, 0.25) is 0 Å². The average Bonchev–Trinajstić information content (AvgIpc) is 1.70. The van der Waals surface area contributed by atoms with Crippen molar-refractivity contribution in [2.45, 2.75) is 321 Å². The van der Waals surface area contributed by atoms with Crippen molar-refractivity contribution >= 4 is 84.5 Å². The molecule has 3 aliphatic rings. The summed E-state index contributed by atoms with van der Waals surface area (Å²) in [6.45, 7) is 33.0. The normalized spacial score (nSPS) is 14.9. The predicted molar refractivity (Wildman–Crippen MR) is 486 cm³/mol. The van der Waals surface area contributed by atoms with Crippen LogP contribution >= 0.6 is 15.9 Å². The maximum absolute atomic E-state index is 13.3. The second-order valence-corrected chi connectivity index (χ2v) is 32.0. The number of rotatable bonds is 50. The molecule has 0 bridgehead atoms. The number of aliphatic carboxylic acids is 2. The minimum atomic E-state index is -1.03. The zero-order chi connectivity index (χ0) is 88.5. The highest BCUT2D eigenvalue weighted by Gasteiger charge is 2.43. The van der Waals surface area contributed by atoms with E-state index in [4.69, 9.17) is 39.4 Å². The van der Waals surface area contributed by atoms with E-state index < -0.39 is 89.6 Å². The first-order valence-electron chi connectivity index (χ1n) is 42.3. The number of imide groups is 3. The first-order chi connectivity index (χ1) is 57.0. The van der Waals surface area contributed by atoms with Crippen LogP contribution in [0.1, 0.15) is 271 Å². The molecule has 4 N–H and O–H groups in total. The zero-order valence-electron chi connectivity index (χ0n) is 72.6. The van der Waals surface area contributed by atoms with E-state index in [1.807, 2.05) is 127 Å². The molecule has 0 unspecified atom stereocenters. The van der Waals surface area contributed by atoms with Crippen molar-refractivity contribution in [3.05, 3.63) is 194 Å². The van der Waals surface area contributed by atoms with Crippen LogP contribution in [0.25, 0.3) is 10.4 Å². The summed E-state index contributed by atoms with van der Waals surface area (Å²) in [6.07, 6.45) is 39.1. The van der Waals surface area contributed by atoms with Gasteiger partial charge in [-0.25, -0.2) is 43.5 Å². The smallest absolute Gasteiger partial charge is 0.417 e. The highest BCUT2D eigenvalue weighted by Crippen LogP contribution is 2.25. The third-order valence-electron chi connectivity index (χ3n) is 18.6. The quantitative estimate of drug-likeness (QED) is 0.00596. The number of hydrogen-bond donors (Lipinski definition) is 4. The molecule has 0 spiro atoms. The average molecular weight is 1750 g/mol. The third kappa shape index (κ3) is 55.0. The van der Waals surface area contributed by atoms with Crippen LogP contribution in [0.4, 0.5) is 24.0 Å². The lowest BCUT2D eigenvalue weighted by atomic mass is 10.0. The number of ether oxygens (including phenoxy) is 5. The summed E-state index contributed by atoms with van der Waals surface area (Å²) in [6, 6.07) is 25.5. The predicted octanol–water partition coefficient (Wildman–Crippen LogP) is 22.6. The maximum Gasteiger partial charge on any atom is 0.417 e. The molecule has 6 rings (SSSR count). The lowest BCUT2D eigenvalue weighted by Gasteiger charge is -2.27. The number of carboxylic acids is 2. The van der Waals surface area contributed by atoms with E-state index in [0.717, 1.165) is 173 Å². The number of benzene rings is 3. The van der Waals surface area contributed by atoms with E-state index in [0.29, 0.717) is 58.0 Å². The molecule has 0 saturated carbocycles. The fraction of sp³-hybridized carbons (Fsp3) is 0.574. The van der Waals surface area contributed by atoms with Crippen LogP contribution in [-0.4, -0.2) is 166 Å². The topological polar surface area (TPSA) is 340 Å². The number of amides is 8. The molecule has 0 aliphatic carbocycles. The van der Waals surface area contributed by atoms with Crippen LogP contribution in [0.3, 0.4) is 0 Å².